The molecule has 0 radical (unpaired) electrons. The zero-order valence-electron chi connectivity index (χ0n) is 12.9. The van der Waals surface area contributed by atoms with Crippen molar-refractivity contribution in [2.75, 3.05) is 39.1 Å². The second-order valence-electron chi connectivity index (χ2n) is 6.32. The molecule has 8 heteroatoms. The zero-order chi connectivity index (χ0) is 15.6. The smallest absolute Gasteiger partial charge is 0.208 e. The Balaban J connectivity index is 1.65. The van der Waals surface area contributed by atoms with Crippen molar-refractivity contribution < 1.29 is 13.2 Å². The van der Waals surface area contributed by atoms with Crippen molar-refractivity contribution in [3.05, 3.63) is 18.2 Å². The number of imidazole rings is 1. The van der Waals surface area contributed by atoms with E-state index < -0.39 is 10.0 Å². The number of nitrogens with zero attached hydrogens (tertiary/aromatic N) is 3. The summed E-state index contributed by atoms with van der Waals surface area (Å²) in [6, 6.07) is 0.0980. The van der Waals surface area contributed by atoms with Crippen LogP contribution in [-0.4, -0.2) is 62.0 Å². The average Bonchev–Trinajstić information content (AvgIpc) is 2.93. The molecule has 1 fully saturated rings. The molecule has 1 saturated heterocycles. The van der Waals surface area contributed by atoms with Crippen LogP contribution in [0.5, 0.6) is 0 Å². The number of hydrogen-bond donors (Lipinski definition) is 1. The maximum atomic E-state index is 11.4. The minimum Gasteiger partial charge on any atom is -0.381 e. The standard InChI is InChI=1S/C14H24N4O3S/c1-22(19,20)16-7-14-10-17(8-12-2-4-21-5-3-12)9-13-6-15-11-18(13)14/h6,11-12,14,16H,2-5,7-10H2,1H3. The van der Waals surface area contributed by atoms with Gasteiger partial charge in [-0.1, -0.05) is 0 Å². The van der Waals surface area contributed by atoms with Gasteiger partial charge in [0.25, 0.3) is 0 Å². The van der Waals surface area contributed by atoms with Crippen molar-refractivity contribution >= 4 is 10.0 Å². The predicted molar refractivity (Wildman–Crippen MR) is 82.9 cm³/mol. The van der Waals surface area contributed by atoms with Crippen LogP contribution in [0, 0.1) is 5.92 Å². The van der Waals surface area contributed by atoms with Crippen LogP contribution >= 0.6 is 0 Å². The van der Waals surface area contributed by atoms with E-state index in [-0.39, 0.29) is 6.04 Å². The molecule has 0 aliphatic carbocycles. The molecular weight excluding hydrogens is 304 g/mol. The van der Waals surface area contributed by atoms with E-state index in [1.54, 1.807) is 6.33 Å². The quantitative estimate of drug-likeness (QED) is 0.836. The Hall–Kier alpha value is -0.960. The molecule has 1 atom stereocenters. The maximum absolute atomic E-state index is 11.4. The third-order valence-corrected chi connectivity index (χ3v) is 5.12. The van der Waals surface area contributed by atoms with Crippen LogP contribution in [0.15, 0.2) is 12.5 Å². The van der Waals surface area contributed by atoms with E-state index in [9.17, 15) is 8.42 Å². The highest BCUT2D eigenvalue weighted by atomic mass is 32.2. The highest BCUT2D eigenvalue weighted by Gasteiger charge is 2.27. The molecule has 22 heavy (non-hydrogen) atoms. The summed E-state index contributed by atoms with van der Waals surface area (Å²) >= 11 is 0. The van der Waals surface area contributed by atoms with Crippen LogP contribution in [0.25, 0.3) is 0 Å². The molecule has 7 nitrogen and oxygen atoms in total. The number of sulfonamides is 1. The molecule has 124 valence electrons. The number of hydrogen-bond acceptors (Lipinski definition) is 5. The maximum Gasteiger partial charge on any atom is 0.208 e. The summed E-state index contributed by atoms with van der Waals surface area (Å²) in [6.45, 7) is 4.90. The summed E-state index contributed by atoms with van der Waals surface area (Å²) in [5.74, 6) is 0.673. The van der Waals surface area contributed by atoms with Gasteiger partial charge in [0.15, 0.2) is 0 Å². The predicted octanol–water partition coefficient (Wildman–Crippen LogP) is 0.216. The lowest BCUT2D eigenvalue weighted by atomic mass is 9.99. The third-order valence-electron chi connectivity index (χ3n) is 4.43. The first-order chi connectivity index (χ1) is 10.5. The van der Waals surface area contributed by atoms with Gasteiger partial charge in [0, 0.05) is 45.6 Å². The van der Waals surface area contributed by atoms with Crippen molar-refractivity contribution in [1.82, 2.24) is 19.2 Å². The van der Waals surface area contributed by atoms with Crippen molar-refractivity contribution in [2.45, 2.75) is 25.4 Å². The highest BCUT2D eigenvalue weighted by molar-refractivity contribution is 7.88. The molecule has 0 amide bonds. The first kappa shape index (κ1) is 15.9. The van der Waals surface area contributed by atoms with Crippen molar-refractivity contribution in [3.63, 3.8) is 0 Å². The average molecular weight is 328 g/mol. The third kappa shape index (κ3) is 4.07. The van der Waals surface area contributed by atoms with E-state index in [1.165, 1.54) is 6.26 Å². The minimum absolute atomic E-state index is 0.0980. The van der Waals surface area contributed by atoms with Gasteiger partial charge in [0.2, 0.25) is 10.0 Å². The first-order valence-electron chi connectivity index (χ1n) is 7.77. The van der Waals surface area contributed by atoms with Crippen LogP contribution in [0.1, 0.15) is 24.6 Å². The van der Waals surface area contributed by atoms with E-state index in [4.69, 9.17) is 4.74 Å². The second kappa shape index (κ2) is 6.66. The highest BCUT2D eigenvalue weighted by Crippen LogP contribution is 2.24. The molecule has 0 saturated carbocycles. The van der Waals surface area contributed by atoms with Crippen molar-refractivity contribution in [3.8, 4) is 0 Å². The van der Waals surface area contributed by atoms with Crippen LogP contribution in [0.4, 0.5) is 0 Å². The van der Waals surface area contributed by atoms with Gasteiger partial charge in [-0.2, -0.15) is 0 Å². The summed E-state index contributed by atoms with van der Waals surface area (Å²) in [6.07, 6.45) is 7.10. The van der Waals surface area contributed by atoms with E-state index in [1.807, 2.05) is 6.20 Å². The van der Waals surface area contributed by atoms with E-state index >= 15 is 0 Å². The zero-order valence-corrected chi connectivity index (χ0v) is 13.8. The monoisotopic (exact) mass is 328 g/mol. The lowest BCUT2D eigenvalue weighted by molar-refractivity contribution is 0.0458. The van der Waals surface area contributed by atoms with Crippen LogP contribution in [-0.2, 0) is 21.3 Å². The molecular formula is C14H24N4O3S. The molecule has 3 rings (SSSR count). The number of rotatable bonds is 5. The summed E-state index contributed by atoms with van der Waals surface area (Å²) in [4.78, 5) is 6.64. The summed E-state index contributed by atoms with van der Waals surface area (Å²) in [5, 5.41) is 0. The molecule has 2 aliphatic rings. The van der Waals surface area contributed by atoms with E-state index in [0.717, 1.165) is 51.4 Å². The molecule has 0 bridgehead atoms. The van der Waals surface area contributed by atoms with Crippen LogP contribution < -0.4 is 4.72 Å². The van der Waals surface area contributed by atoms with Gasteiger partial charge in [-0.25, -0.2) is 18.1 Å². The van der Waals surface area contributed by atoms with Gasteiger partial charge in [-0.3, -0.25) is 4.90 Å². The largest absolute Gasteiger partial charge is 0.381 e. The summed E-state index contributed by atoms with van der Waals surface area (Å²) in [5.41, 5.74) is 1.15. The Labute approximate surface area is 131 Å². The molecule has 2 aliphatic heterocycles. The van der Waals surface area contributed by atoms with Gasteiger partial charge in [0.1, 0.15) is 0 Å². The topological polar surface area (TPSA) is 76.5 Å². The van der Waals surface area contributed by atoms with Gasteiger partial charge in [-0.05, 0) is 18.8 Å². The first-order valence-corrected chi connectivity index (χ1v) is 9.66. The van der Waals surface area contributed by atoms with E-state index in [0.29, 0.717) is 12.5 Å². The van der Waals surface area contributed by atoms with Gasteiger partial charge < -0.3 is 9.30 Å². The number of fused-ring (bicyclic) bond motifs is 1. The summed E-state index contributed by atoms with van der Waals surface area (Å²) < 4.78 is 32.9. The summed E-state index contributed by atoms with van der Waals surface area (Å²) in [7, 11) is -3.17. The van der Waals surface area contributed by atoms with E-state index in [2.05, 4.69) is 19.2 Å². The Morgan fingerprint density at radius 3 is 2.91 bits per heavy atom. The Morgan fingerprint density at radius 1 is 1.41 bits per heavy atom. The molecule has 0 aromatic carbocycles. The molecule has 3 heterocycles. The van der Waals surface area contributed by atoms with Gasteiger partial charge in [0.05, 0.1) is 24.3 Å². The number of aromatic nitrogens is 2. The second-order valence-corrected chi connectivity index (χ2v) is 8.15. The fraction of sp³-hybridized carbons (Fsp3) is 0.786. The molecule has 0 spiro atoms. The fourth-order valence-corrected chi connectivity index (χ4v) is 3.80. The van der Waals surface area contributed by atoms with Gasteiger partial charge in [-0.15, -0.1) is 0 Å². The normalized spacial score (nSPS) is 24.3. The molecule has 1 N–H and O–H groups in total. The lowest BCUT2D eigenvalue weighted by Crippen LogP contribution is -2.44. The fourth-order valence-electron chi connectivity index (χ4n) is 3.31. The van der Waals surface area contributed by atoms with Crippen LogP contribution in [0.2, 0.25) is 0 Å². The van der Waals surface area contributed by atoms with Crippen molar-refractivity contribution in [2.24, 2.45) is 5.92 Å². The number of ether oxygens (including phenoxy) is 1. The van der Waals surface area contributed by atoms with Crippen molar-refractivity contribution in [1.29, 1.82) is 0 Å². The SMILES string of the molecule is CS(=O)(=O)NCC1CN(CC2CCOCC2)Cc2cncn21. The number of nitrogens with one attached hydrogen (secondary N) is 1. The molecule has 1 unspecified atom stereocenters. The Bertz CT molecular complexity index is 595. The molecule has 1 aromatic rings. The molecule has 1 aromatic heterocycles. The van der Waals surface area contributed by atoms with Crippen LogP contribution in [0.3, 0.4) is 0 Å². The lowest BCUT2D eigenvalue weighted by Gasteiger charge is -2.37. The Kier molecular flexibility index (Phi) is 4.82. The Morgan fingerprint density at radius 2 is 2.18 bits per heavy atom. The van der Waals surface area contributed by atoms with Gasteiger partial charge >= 0.3 is 0 Å². The minimum atomic E-state index is -3.17.